The van der Waals surface area contributed by atoms with E-state index < -0.39 is 26.0 Å². The first-order valence-corrected chi connectivity index (χ1v) is 14.6. The van der Waals surface area contributed by atoms with Crippen LogP contribution < -0.4 is 5.32 Å². The number of ether oxygens (including phenoxy) is 1. The van der Waals surface area contributed by atoms with E-state index in [1.807, 2.05) is 0 Å². The quantitative estimate of drug-likeness (QED) is 0.418. The number of aromatic nitrogens is 2. The van der Waals surface area contributed by atoms with Gasteiger partial charge in [0.1, 0.15) is 12.4 Å². The highest BCUT2D eigenvalue weighted by atomic mass is 28.3. The number of amides is 2. The molecule has 32 heavy (non-hydrogen) atoms. The van der Waals surface area contributed by atoms with Crippen LogP contribution in [-0.4, -0.2) is 66.7 Å². The number of carbonyl (C=O) groups excluding carboxylic acids is 2. The van der Waals surface area contributed by atoms with Gasteiger partial charge in [-0.25, -0.2) is 17.9 Å². The minimum atomic E-state index is -3.06. The monoisotopic (exact) mass is 472 g/mol. The summed E-state index contributed by atoms with van der Waals surface area (Å²) in [5.74, 6) is -0.312. The summed E-state index contributed by atoms with van der Waals surface area (Å²) in [5.41, 5.74) is -1.12. The van der Waals surface area contributed by atoms with Crippen LogP contribution in [0.5, 0.6) is 0 Å². The molecule has 0 radical (unpaired) electrons. The van der Waals surface area contributed by atoms with E-state index in [1.54, 1.807) is 4.90 Å². The number of nitrogens with zero attached hydrogens (tertiary/aromatic N) is 3. The maximum Gasteiger partial charge on any atom is 0.272 e. The smallest absolute Gasteiger partial charge is 0.272 e. The Bertz CT molecular complexity index is 865. The van der Waals surface area contributed by atoms with Crippen molar-refractivity contribution in [2.45, 2.75) is 64.1 Å². The van der Waals surface area contributed by atoms with E-state index in [-0.39, 0.29) is 42.3 Å². The molecule has 11 heteroatoms. The van der Waals surface area contributed by atoms with Crippen LogP contribution in [0.25, 0.3) is 5.57 Å². The first-order chi connectivity index (χ1) is 15.1. The average molecular weight is 473 g/mol. The minimum absolute atomic E-state index is 0.0158. The van der Waals surface area contributed by atoms with Gasteiger partial charge in [-0.3, -0.25) is 9.59 Å². The Morgan fingerprint density at radius 2 is 2.03 bits per heavy atom. The number of carbonyl (C=O) groups is 2. The maximum absolute atomic E-state index is 13.2. The molecule has 178 valence electrons. The molecular weight excluding hydrogens is 441 g/mol. The van der Waals surface area contributed by atoms with Gasteiger partial charge in [0.2, 0.25) is 5.91 Å². The van der Waals surface area contributed by atoms with Crippen LogP contribution >= 0.6 is 0 Å². The third-order valence-electron chi connectivity index (χ3n) is 5.63. The minimum Gasteiger partial charge on any atom is -0.360 e. The highest BCUT2D eigenvalue weighted by molar-refractivity contribution is 6.76. The van der Waals surface area contributed by atoms with Crippen molar-refractivity contribution in [2.75, 3.05) is 19.7 Å². The summed E-state index contributed by atoms with van der Waals surface area (Å²) in [4.78, 5) is 26.7. The largest absolute Gasteiger partial charge is 0.360 e. The van der Waals surface area contributed by atoms with Crippen LogP contribution in [0.3, 0.4) is 0 Å². The predicted octanol–water partition coefficient (Wildman–Crippen LogP) is 3.51. The average Bonchev–Trinajstić information content (AvgIpc) is 3.33. The maximum atomic E-state index is 13.2. The first-order valence-electron chi connectivity index (χ1n) is 10.9. The molecule has 1 unspecified atom stereocenters. The molecule has 1 atom stereocenters. The Hall–Kier alpha value is -2.14. The summed E-state index contributed by atoms with van der Waals surface area (Å²) in [5, 5.41) is 6.99. The highest BCUT2D eigenvalue weighted by Crippen LogP contribution is 2.29. The summed E-state index contributed by atoms with van der Waals surface area (Å²) in [7, 11) is -1.33. The number of hydrogen-bond donors (Lipinski definition) is 1. The second-order valence-electron chi connectivity index (χ2n) is 9.65. The molecule has 0 bridgehead atoms. The van der Waals surface area contributed by atoms with Crippen molar-refractivity contribution in [3.8, 4) is 0 Å². The lowest BCUT2D eigenvalue weighted by Gasteiger charge is -2.18. The van der Waals surface area contributed by atoms with E-state index >= 15 is 0 Å². The summed E-state index contributed by atoms with van der Waals surface area (Å²) in [6.45, 7) is 7.71. The van der Waals surface area contributed by atoms with E-state index in [1.165, 1.54) is 10.7 Å². The molecule has 2 heterocycles. The molecule has 1 aliphatic carbocycles. The van der Waals surface area contributed by atoms with Gasteiger partial charge in [-0.1, -0.05) is 19.6 Å². The van der Waals surface area contributed by atoms with E-state index in [4.69, 9.17) is 4.74 Å². The lowest BCUT2D eigenvalue weighted by molar-refractivity contribution is -0.122. The van der Waals surface area contributed by atoms with E-state index in [0.717, 1.165) is 18.9 Å². The van der Waals surface area contributed by atoms with Crippen LogP contribution in [0.2, 0.25) is 25.7 Å². The lowest BCUT2D eigenvalue weighted by atomic mass is 10.2. The molecular formula is C21H31F3N4O3Si. The van der Waals surface area contributed by atoms with E-state index in [0.29, 0.717) is 26.1 Å². The summed E-state index contributed by atoms with van der Waals surface area (Å²) >= 11 is 0. The van der Waals surface area contributed by atoms with Crippen LogP contribution in [0.15, 0.2) is 12.4 Å². The van der Waals surface area contributed by atoms with Gasteiger partial charge in [0.25, 0.3) is 12.3 Å². The Labute approximate surface area is 187 Å². The molecule has 2 amide bonds. The molecule has 1 aromatic rings. The summed E-state index contributed by atoms with van der Waals surface area (Å²) in [6.07, 6.45) is -0.834. The molecule has 0 aromatic carbocycles. The normalized spacial score (nSPS) is 19.7. The van der Waals surface area contributed by atoms with Crippen molar-refractivity contribution in [1.82, 2.24) is 20.0 Å². The molecule has 1 saturated heterocycles. The fraction of sp³-hybridized carbons (Fsp3) is 0.667. The van der Waals surface area contributed by atoms with Gasteiger partial charge in [-0.2, -0.15) is 5.10 Å². The van der Waals surface area contributed by atoms with Gasteiger partial charge in [0, 0.05) is 39.7 Å². The fourth-order valence-corrected chi connectivity index (χ4v) is 4.22. The number of hydrogen-bond acceptors (Lipinski definition) is 4. The van der Waals surface area contributed by atoms with Crippen LogP contribution in [0.1, 0.15) is 35.4 Å². The molecule has 1 aromatic heterocycles. The van der Waals surface area contributed by atoms with Gasteiger partial charge in [-0.15, -0.1) is 0 Å². The van der Waals surface area contributed by atoms with Crippen molar-refractivity contribution in [3.63, 3.8) is 0 Å². The Balaban J connectivity index is 1.71. The number of alkyl halides is 2. The molecule has 2 fully saturated rings. The van der Waals surface area contributed by atoms with Crippen molar-refractivity contribution in [1.29, 1.82) is 0 Å². The van der Waals surface area contributed by atoms with E-state index in [9.17, 15) is 22.8 Å². The predicted molar refractivity (Wildman–Crippen MR) is 117 cm³/mol. The fourth-order valence-electron chi connectivity index (χ4n) is 3.46. The third kappa shape index (κ3) is 6.44. The summed E-state index contributed by atoms with van der Waals surface area (Å²) in [6, 6.07) is 1.93. The Morgan fingerprint density at radius 3 is 2.62 bits per heavy atom. The Kier molecular flexibility index (Phi) is 7.81. The zero-order valence-corrected chi connectivity index (χ0v) is 19.7. The topological polar surface area (TPSA) is 76.5 Å². The molecule has 1 saturated carbocycles. The standard InChI is InChI=1S/C21H31F3N4O3Si/c1-32(2,3)9-8-31-13-28-18(10-17(26-28)16(11-22)19(23)24)21(30)27-7-6-15(12-27)25-20(29)14-4-5-14/h10-11,14-15,19H,4-9,12-13H2,1-3H3,(H,25,29). The number of nitrogens with one attached hydrogen (secondary N) is 1. The third-order valence-corrected chi connectivity index (χ3v) is 7.33. The number of likely N-dealkylation sites (tertiary alicyclic amines) is 1. The van der Waals surface area contributed by atoms with Crippen LogP contribution in [-0.2, 0) is 16.3 Å². The number of halogens is 3. The zero-order valence-electron chi connectivity index (χ0n) is 18.7. The van der Waals surface area contributed by atoms with Crippen molar-refractivity contribution < 1.29 is 27.5 Å². The first kappa shape index (κ1) is 24.5. The van der Waals surface area contributed by atoms with Gasteiger partial charge in [0.15, 0.2) is 0 Å². The van der Waals surface area contributed by atoms with Crippen LogP contribution in [0, 0.1) is 5.92 Å². The van der Waals surface area contributed by atoms with Crippen molar-refractivity contribution in [3.05, 3.63) is 23.8 Å². The molecule has 1 N–H and O–H groups in total. The van der Waals surface area contributed by atoms with Gasteiger partial charge in [-0.05, 0) is 31.4 Å². The lowest BCUT2D eigenvalue weighted by Crippen LogP contribution is -2.39. The second kappa shape index (κ2) is 10.2. The SMILES string of the molecule is C[Si](C)(C)CCOCn1nc(C(=CF)C(F)F)cc1C(=O)N1CCC(NC(=O)C2CC2)C1. The molecule has 3 rings (SSSR count). The Morgan fingerprint density at radius 1 is 1.31 bits per heavy atom. The zero-order chi connectivity index (χ0) is 23.5. The van der Waals surface area contributed by atoms with Crippen molar-refractivity contribution >= 4 is 25.5 Å². The molecule has 0 spiro atoms. The second-order valence-corrected chi connectivity index (χ2v) is 15.3. The van der Waals surface area contributed by atoms with Gasteiger partial charge < -0.3 is 15.0 Å². The van der Waals surface area contributed by atoms with Gasteiger partial charge in [0.05, 0.1) is 17.6 Å². The van der Waals surface area contributed by atoms with Gasteiger partial charge >= 0.3 is 0 Å². The number of rotatable bonds is 10. The highest BCUT2D eigenvalue weighted by Gasteiger charge is 2.35. The molecule has 1 aliphatic heterocycles. The molecule has 2 aliphatic rings. The van der Waals surface area contributed by atoms with Crippen LogP contribution in [0.4, 0.5) is 13.2 Å². The number of allylic oxidation sites excluding steroid dienone is 1. The van der Waals surface area contributed by atoms with E-state index in [2.05, 4.69) is 30.1 Å². The van der Waals surface area contributed by atoms with Crippen molar-refractivity contribution in [2.24, 2.45) is 5.92 Å². The molecule has 7 nitrogen and oxygen atoms in total. The summed E-state index contributed by atoms with van der Waals surface area (Å²) < 4.78 is 46.3.